The number of aryl methyl sites for hydroxylation is 1. The Balaban J connectivity index is 0.00000261. The minimum atomic E-state index is -4.45. The van der Waals surface area contributed by atoms with Gasteiger partial charge in [0, 0.05) is 25.7 Å². The van der Waals surface area contributed by atoms with Crippen LogP contribution in [0.25, 0.3) is 16.9 Å². The van der Waals surface area contributed by atoms with E-state index in [4.69, 9.17) is 4.74 Å². The Labute approximate surface area is 160 Å². The van der Waals surface area contributed by atoms with Gasteiger partial charge in [0.25, 0.3) is 5.65 Å². The van der Waals surface area contributed by atoms with E-state index in [0.717, 1.165) is 10.5 Å². The van der Waals surface area contributed by atoms with Crippen molar-refractivity contribution >= 4 is 11.7 Å². The first kappa shape index (κ1) is 20.6. The molecule has 0 aliphatic rings. The molecule has 0 radical (unpaired) electrons. The molecule has 0 aliphatic carbocycles. The molecule has 0 atom stereocenters. The lowest BCUT2D eigenvalue weighted by atomic mass is 10.1. The molecule has 2 aromatic heterocycles. The zero-order valence-electron chi connectivity index (χ0n) is 14.8. The number of ether oxygens (including phenoxy) is 1. The van der Waals surface area contributed by atoms with E-state index in [2.05, 4.69) is 0 Å². The summed E-state index contributed by atoms with van der Waals surface area (Å²) in [6.45, 7) is 0. The van der Waals surface area contributed by atoms with Gasteiger partial charge in [-0.15, -0.1) is 0 Å². The maximum absolute atomic E-state index is 13.2. The van der Waals surface area contributed by atoms with Gasteiger partial charge in [-0.25, -0.2) is 9.36 Å². The van der Waals surface area contributed by atoms with Gasteiger partial charge in [0.15, 0.2) is 5.69 Å². The minimum Gasteiger partial charge on any atom is -1.00 e. The summed E-state index contributed by atoms with van der Waals surface area (Å²) in [6, 6.07) is 10.6. The number of imidazole rings is 1. The van der Waals surface area contributed by atoms with E-state index < -0.39 is 18.0 Å². The molecule has 0 spiro atoms. The zero-order chi connectivity index (χ0) is 19.1. The summed E-state index contributed by atoms with van der Waals surface area (Å²) in [5.41, 5.74) is 0.979. The highest BCUT2D eigenvalue weighted by Gasteiger charge is 2.38. The van der Waals surface area contributed by atoms with Gasteiger partial charge >= 0.3 is 12.3 Å². The first-order valence-electron chi connectivity index (χ1n) is 7.75. The molecule has 1 aromatic carbocycles. The van der Waals surface area contributed by atoms with Crippen LogP contribution in [-0.4, -0.2) is 29.5 Å². The number of amides is 1. The fourth-order valence-electron chi connectivity index (χ4n) is 2.64. The highest BCUT2D eigenvalue weighted by atomic mass is 35.5. The summed E-state index contributed by atoms with van der Waals surface area (Å²) in [5.74, 6) is 0.356. The molecular weight excluding hydrogens is 383 g/mol. The lowest BCUT2D eigenvalue weighted by Gasteiger charge is -2.10. The van der Waals surface area contributed by atoms with E-state index in [1.54, 1.807) is 56.0 Å². The van der Waals surface area contributed by atoms with Crippen molar-refractivity contribution in [2.75, 3.05) is 14.1 Å². The van der Waals surface area contributed by atoms with E-state index in [1.165, 1.54) is 17.2 Å². The van der Waals surface area contributed by atoms with Crippen molar-refractivity contribution in [3.05, 3.63) is 54.4 Å². The number of alkyl halides is 3. The van der Waals surface area contributed by atoms with E-state index in [9.17, 15) is 18.0 Å². The second-order valence-electron chi connectivity index (χ2n) is 6.00. The number of pyridine rings is 1. The molecule has 27 heavy (non-hydrogen) atoms. The van der Waals surface area contributed by atoms with Crippen LogP contribution in [0.4, 0.5) is 18.0 Å². The monoisotopic (exact) mass is 399 g/mol. The van der Waals surface area contributed by atoms with Crippen LogP contribution in [0.3, 0.4) is 0 Å². The standard InChI is InChI=1S/C18H17F3N3O2.ClH/c1-22(2)17(25)26-13-9-7-12(8-10-13)14-11-24-15(18(19,20)21)5-4-6-16(24)23(14)3;/h4-11H,1-3H3;1H/q+1;/p-1. The van der Waals surface area contributed by atoms with Gasteiger partial charge in [-0.1, -0.05) is 0 Å². The lowest BCUT2D eigenvalue weighted by Crippen LogP contribution is -3.00. The third-order valence-corrected chi connectivity index (χ3v) is 3.97. The smallest absolute Gasteiger partial charge is 0.453 e. The quantitative estimate of drug-likeness (QED) is 0.589. The average Bonchev–Trinajstić information content (AvgIpc) is 2.91. The van der Waals surface area contributed by atoms with Crippen molar-refractivity contribution in [3.63, 3.8) is 0 Å². The summed E-state index contributed by atoms with van der Waals surface area (Å²) < 4.78 is 47.6. The Hall–Kier alpha value is -2.74. The largest absolute Gasteiger partial charge is 1.00 e. The normalized spacial score (nSPS) is 11.2. The third-order valence-electron chi connectivity index (χ3n) is 3.97. The summed E-state index contributed by atoms with van der Waals surface area (Å²) >= 11 is 0. The van der Waals surface area contributed by atoms with Crippen molar-refractivity contribution in [2.24, 2.45) is 7.05 Å². The first-order valence-corrected chi connectivity index (χ1v) is 7.75. The number of fused-ring (bicyclic) bond motifs is 1. The van der Waals surface area contributed by atoms with Crippen LogP contribution in [0.15, 0.2) is 48.7 Å². The van der Waals surface area contributed by atoms with Gasteiger partial charge in [-0.2, -0.15) is 17.6 Å². The molecule has 0 unspecified atom stereocenters. The predicted octanol–water partition coefficient (Wildman–Crippen LogP) is 0.514. The number of nitrogens with zero attached hydrogens (tertiary/aromatic N) is 3. The number of benzene rings is 1. The zero-order valence-corrected chi connectivity index (χ0v) is 15.5. The number of halogens is 4. The average molecular weight is 400 g/mol. The number of hydrogen-bond donors (Lipinski definition) is 0. The van der Waals surface area contributed by atoms with Crippen molar-refractivity contribution in [3.8, 4) is 17.0 Å². The van der Waals surface area contributed by atoms with Crippen LogP contribution in [0.1, 0.15) is 5.69 Å². The number of hydrogen-bond acceptors (Lipinski definition) is 2. The van der Waals surface area contributed by atoms with E-state index in [-0.39, 0.29) is 12.4 Å². The molecule has 0 bridgehead atoms. The van der Waals surface area contributed by atoms with Gasteiger partial charge in [0.05, 0.1) is 7.05 Å². The molecule has 5 nitrogen and oxygen atoms in total. The van der Waals surface area contributed by atoms with Crippen molar-refractivity contribution in [2.45, 2.75) is 6.18 Å². The molecule has 3 aromatic rings. The van der Waals surface area contributed by atoms with Gasteiger partial charge in [-0.3, -0.25) is 0 Å². The van der Waals surface area contributed by atoms with Crippen molar-refractivity contribution in [1.29, 1.82) is 0 Å². The van der Waals surface area contributed by atoms with E-state index >= 15 is 0 Å². The molecular formula is C18H17ClF3N3O2. The number of carbonyl (C=O) groups excluding carboxylic acids is 1. The Morgan fingerprint density at radius 1 is 1.11 bits per heavy atom. The maximum atomic E-state index is 13.2. The molecule has 0 aliphatic heterocycles. The van der Waals surface area contributed by atoms with Crippen LogP contribution >= 0.6 is 0 Å². The minimum absolute atomic E-state index is 0. The highest BCUT2D eigenvalue weighted by Crippen LogP contribution is 2.30. The van der Waals surface area contributed by atoms with Gasteiger partial charge < -0.3 is 22.0 Å². The highest BCUT2D eigenvalue weighted by molar-refractivity contribution is 5.70. The molecule has 0 N–H and O–H groups in total. The third kappa shape index (κ3) is 4.00. The van der Waals surface area contributed by atoms with Gasteiger partial charge in [-0.05, 0) is 36.4 Å². The fraction of sp³-hybridized carbons (Fsp3) is 0.222. The lowest BCUT2D eigenvalue weighted by molar-refractivity contribution is -0.633. The molecule has 1 amide bonds. The Bertz CT molecular complexity index is 966. The number of carbonyl (C=O) groups is 1. The first-order chi connectivity index (χ1) is 12.2. The van der Waals surface area contributed by atoms with Crippen molar-refractivity contribution < 1.29 is 39.7 Å². The number of rotatable bonds is 2. The van der Waals surface area contributed by atoms with E-state index in [1.807, 2.05) is 0 Å². The van der Waals surface area contributed by atoms with Crippen LogP contribution in [0, 0.1) is 0 Å². The summed E-state index contributed by atoms with van der Waals surface area (Å²) in [5, 5.41) is 0. The fourth-order valence-corrected chi connectivity index (χ4v) is 2.64. The Kier molecular flexibility index (Phi) is 5.70. The van der Waals surface area contributed by atoms with Crippen molar-refractivity contribution in [1.82, 2.24) is 9.30 Å². The predicted molar refractivity (Wildman–Crippen MR) is 88.7 cm³/mol. The SMILES string of the molecule is CN(C)C(=O)Oc1ccc(-c2cn3c(C(F)(F)F)cccc3[n+]2C)cc1.[Cl-]. The van der Waals surface area contributed by atoms with Crippen LogP contribution in [0.5, 0.6) is 5.75 Å². The van der Waals surface area contributed by atoms with Crippen LogP contribution in [-0.2, 0) is 13.2 Å². The Morgan fingerprint density at radius 2 is 1.74 bits per heavy atom. The van der Waals surface area contributed by atoms with E-state index in [0.29, 0.717) is 22.7 Å². The van der Waals surface area contributed by atoms with Gasteiger partial charge in [0.2, 0.25) is 5.69 Å². The second-order valence-corrected chi connectivity index (χ2v) is 6.00. The van der Waals surface area contributed by atoms with Crippen LogP contribution < -0.4 is 21.7 Å². The molecule has 0 saturated heterocycles. The second kappa shape index (κ2) is 7.48. The molecule has 144 valence electrons. The maximum Gasteiger partial charge on any atom is 0.453 e. The summed E-state index contributed by atoms with van der Waals surface area (Å²) in [6.07, 6.45) is -3.51. The molecule has 0 fully saturated rings. The number of aromatic nitrogens is 2. The summed E-state index contributed by atoms with van der Waals surface area (Å²) in [7, 11) is 4.84. The summed E-state index contributed by atoms with van der Waals surface area (Å²) in [4.78, 5) is 12.9. The Morgan fingerprint density at radius 3 is 2.30 bits per heavy atom. The topological polar surface area (TPSA) is 37.8 Å². The van der Waals surface area contributed by atoms with Crippen LogP contribution in [0.2, 0.25) is 0 Å². The van der Waals surface area contributed by atoms with Gasteiger partial charge in [0.1, 0.15) is 11.9 Å². The molecule has 9 heteroatoms. The molecule has 0 saturated carbocycles. The molecule has 2 heterocycles. The molecule has 3 rings (SSSR count).